The number of aryl methyl sites for hydroxylation is 1. The van der Waals surface area contributed by atoms with Gasteiger partial charge in [-0.2, -0.15) is 0 Å². The Balaban J connectivity index is 1.79. The molecule has 1 aliphatic rings. The summed E-state index contributed by atoms with van der Waals surface area (Å²) in [6.45, 7) is 0. The van der Waals surface area contributed by atoms with Crippen molar-refractivity contribution >= 4 is 22.4 Å². The zero-order valence-electron chi connectivity index (χ0n) is 10.6. The molecule has 0 aromatic carbocycles. The lowest BCUT2D eigenvalue weighted by Crippen LogP contribution is -2.27. The van der Waals surface area contributed by atoms with Crippen molar-refractivity contribution in [1.29, 1.82) is 0 Å². The summed E-state index contributed by atoms with van der Waals surface area (Å²) in [5.41, 5.74) is 6.86. The molecule has 2 aromatic rings. The van der Waals surface area contributed by atoms with E-state index in [4.69, 9.17) is 5.73 Å². The van der Waals surface area contributed by atoms with Crippen LogP contribution in [0.25, 0.3) is 0 Å². The van der Waals surface area contributed by atoms with E-state index in [0.717, 1.165) is 36.0 Å². The summed E-state index contributed by atoms with van der Waals surface area (Å²) < 4.78 is 13.5. The van der Waals surface area contributed by atoms with Crippen molar-refractivity contribution in [2.75, 3.05) is 5.32 Å². The van der Waals surface area contributed by atoms with Gasteiger partial charge in [-0.25, -0.2) is 9.37 Å². The third kappa shape index (κ3) is 2.54. The van der Waals surface area contributed by atoms with Gasteiger partial charge in [0.15, 0.2) is 10.9 Å². The normalized spacial score (nSPS) is 17.6. The molecule has 7 heteroatoms. The maximum absolute atomic E-state index is 13.5. The molecule has 0 saturated carbocycles. The van der Waals surface area contributed by atoms with Crippen molar-refractivity contribution in [2.45, 2.75) is 25.3 Å². The Morgan fingerprint density at radius 1 is 1.55 bits per heavy atom. The molecule has 104 valence electrons. The van der Waals surface area contributed by atoms with Crippen molar-refractivity contribution in [3.63, 3.8) is 0 Å². The number of carbonyl (C=O) groups excluding carboxylic acids is 1. The maximum atomic E-state index is 13.5. The first-order valence-electron chi connectivity index (χ1n) is 6.28. The third-order valence-electron chi connectivity index (χ3n) is 3.22. The highest BCUT2D eigenvalue weighted by molar-refractivity contribution is 7.15. The van der Waals surface area contributed by atoms with Gasteiger partial charge >= 0.3 is 0 Å². The molecule has 2 heterocycles. The first-order chi connectivity index (χ1) is 9.63. The minimum Gasteiger partial charge on any atom is -0.327 e. The summed E-state index contributed by atoms with van der Waals surface area (Å²) in [5.74, 6) is -1.16. The molecule has 20 heavy (non-hydrogen) atoms. The summed E-state index contributed by atoms with van der Waals surface area (Å²) in [6, 6.07) is 1.50. The molecule has 0 saturated heterocycles. The van der Waals surface area contributed by atoms with Crippen LogP contribution in [0.15, 0.2) is 18.5 Å². The summed E-state index contributed by atoms with van der Waals surface area (Å²) in [4.78, 5) is 21.1. The first kappa shape index (κ1) is 13.1. The number of anilines is 1. The zero-order valence-corrected chi connectivity index (χ0v) is 11.4. The summed E-state index contributed by atoms with van der Waals surface area (Å²) in [5, 5.41) is 3.12. The largest absolute Gasteiger partial charge is 0.327 e. The first-order valence-corrected chi connectivity index (χ1v) is 7.10. The summed E-state index contributed by atoms with van der Waals surface area (Å²) >= 11 is 1.41. The Morgan fingerprint density at radius 3 is 3.20 bits per heavy atom. The number of nitrogens with zero attached hydrogens (tertiary/aromatic N) is 2. The lowest BCUT2D eigenvalue weighted by Gasteiger charge is -2.15. The number of pyridine rings is 1. The Kier molecular flexibility index (Phi) is 3.45. The van der Waals surface area contributed by atoms with Gasteiger partial charge in [-0.3, -0.25) is 15.1 Å². The van der Waals surface area contributed by atoms with Crippen molar-refractivity contribution in [2.24, 2.45) is 5.73 Å². The second-order valence-electron chi connectivity index (χ2n) is 4.70. The van der Waals surface area contributed by atoms with Crippen molar-refractivity contribution in [1.82, 2.24) is 9.97 Å². The Hall–Kier alpha value is -1.86. The van der Waals surface area contributed by atoms with E-state index in [0.29, 0.717) is 5.13 Å². The highest BCUT2D eigenvalue weighted by Crippen LogP contribution is 2.29. The van der Waals surface area contributed by atoms with Gasteiger partial charge in [-0.15, -0.1) is 11.3 Å². The summed E-state index contributed by atoms with van der Waals surface area (Å²) in [7, 11) is 0. The van der Waals surface area contributed by atoms with Gasteiger partial charge in [0, 0.05) is 17.1 Å². The molecular weight excluding hydrogens is 279 g/mol. The van der Waals surface area contributed by atoms with E-state index >= 15 is 0 Å². The molecule has 0 aliphatic heterocycles. The van der Waals surface area contributed by atoms with Crippen LogP contribution in [0.4, 0.5) is 9.52 Å². The molecule has 0 bridgehead atoms. The predicted molar refractivity (Wildman–Crippen MR) is 74.3 cm³/mol. The second kappa shape index (κ2) is 5.26. The number of hydrogen-bond acceptors (Lipinski definition) is 5. The predicted octanol–water partition coefficient (Wildman–Crippen LogP) is 1.75. The fraction of sp³-hybridized carbons (Fsp3) is 0.308. The van der Waals surface area contributed by atoms with Crippen LogP contribution in [0.5, 0.6) is 0 Å². The van der Waals surface area contributed by atoms with E-state index in [1.807, 2.05) is 0 Å². The van der Waals surface area contributed by atoms with Gasteiger partial charge in [0.2, 0.25) is 0 Å². The van der Waals surface area contributed by atoms with Crippen LogP contribution in [0.3, 0.4) is 0 Å². The number of rotatable bonds is 2. The van der Waals surface area contributed by atoms with Crippen LogP contribution < -0.4 is 11.1 Å². The van der Waals surface area contributed by atoms with Gasteiger partial charge in [-0.1, -0.05) is 0 Å². The molecule has 0 fully saturated rings. The van der Waals surface area contributed by atoms with E-state index in [1.54, 1.807) is 0 Å². The molecule has 0 radical (unpaired) electrons. The Bertz CT molecular complexity index is 658. The van der Waals surface area contributed by atoms with Crippen molar-refractivity contribution in [3.05, 3.63) is 40.4 Å². The van der Waals surface area contributed by atoms with Crippen LogP contribution in [0, 0.1) is 5.82 Å². The average molecular weight is 292 g/mol. The van der Waals surface area contributed by atoms with Crippen molar-refractivity contribution in [3.8, 4) is 0 Å². The number of thiazole rings is 1. The maximum Gasteiger partial charge on any atom is 0.260 e. The quantitative estimate of drug-likeness (QED) is 0.883. The number of halogens is 1. The number of fused-ring (bicyclic) bond motifs is 1. The van der Waals surface area contributed by atoms with Crippen LogP contribution in [-0.2, 0) is 12.8 Å². The molecule has 1 amide bonds. The van der Waals surface area contributed by atoms with Crippen LogP contribution in [-0.4, -0.2) is 21.9 Å². The zero-order chi connectivity index (χ0) is 14.1. The second-order valence-corrected chi connectivity index (χ2v) is 5.79. The topological polar surface area (TPSA) is 80.9 Å². The van der Waals surface area contributed by atoms with Crippen LogP contribution in [0.1, 0.15) is 27.3 Å². The van der Waals surface area contributed by atoms with Crippen molar-refractivity contribution < 1.29 is 9.18 Å². The highest BCUT2D eigenvalue weighted by Gasteiger charge is 2.21. The molecule has 0 spiro atoms. The smallest absolute Gasteiger partial charge is 0.260 e. The lowest BCUT2D eigenvalue weighted by molar-refractivity contribution is 0.102. The molecule has 1 atom stereocenters. The van der Waals surface area contributed by atoms with Gasteiger partial charge in [0.1, 0.15) is 0 Å². The molecule has 0 unspecified atom stereocenters. The van der Waals surface area contributed by atoms with Gasteiger partial charge in [-0.05, 0) is 25.3 Å². The van der Waals surface area contributed by atoms with Crippen LogP contribution in [0.2, 0.25) is 0 Å². The minimum atomic E-state index is -0.645. The number of amides is 1. The molecule has 5 nitrogen and oxygen atoms in total. The number of nitrogens with two attached hydrogens (primary N) is 1. The average Bonchev–Trinajstić information content (AvgIpc) is 2.80. The van der Waals surface area contributed by atoms with E-state index in [-0.39, 0.29) is 11.6 Å². The highest BCUT2D eigenvalue weighted by atomic mass is 32.1. The Morgan fingerprint density at radius 2 is 2.40 bits per heavy atom. The SMILES string of the molecule is N[C@H]1CCc2nc(NC(=O)c3ccncc3F)sc2C1. The fourth-order valence-corrected chi connectivity index (χ4v) is 3.27. The van der Waals surface area contributed by atoms with E-state index in [1.165, 1.54) is 23.6 Å². The molecule has 2 aromatic heterocycles. The monoisotopic (exact) mass is 292 g/mol. The lowest BCUT2D eigenvalue weighted by atomic mass is 9.99. The third-order valence-corrected chi connectivity index (χ3v) is 4.25. The number of aromatic nitrogens is 2. The summed E-state index contributed by atoms with van der Waals surface area (Å²) in [6.07, 6.45) is 4.91. The van der Waals surface area contributed by atoms with E-state index in [2.05, 4.69) is 15.3 Å². The van der Waals surface area contributed by atoms with E-state index in [9.17, 15) is 9.18 Å². The fourth-order valence-electron chi connectivity index (χ4n) is 2.18. The standard InChI is InChI=1S/C13H13FN4OS/c14-9-6-16-4-3-8(9)12(19)18-13-17-10-2-1-7(15)5-11(10)20-13/h3-4,6-7H,1-2,5,15H2,(H,17,18,19)/t7-/m0/s1. The number of nitrogens with one attached hydrogen (secondary N) is 1. The van der Waals surface area contributed by atoms with Crippen LogP contribution >= 0.6 is 11.3 Å². The Labute approximate surface area is 119 Å². The molecule has 3 N–H and O–H groups in total. The van der Waals surface area contributed by atoms with Gasteiger partial charge in [0.05, 0.1) is 17.5 Å². The molecular formula is C13H13FN4OS. The molecule has 3 rings (SSSR count). The van der Waals surface area contributed by atoms with Gasteiger partial charge in [0.25, 0.3) is 5.91 Å². The number of hydrogen-bond donors (Lipinski definition) is 2. The van der Waals surface area contributed by atoms with E-state index < -0.39 is 11.7 Å². The van der Waals surface area contributed by atoms with Gasteiger partial charge < -0.3 is 5.73 Å². The number of carbonyl (C=O) groups is 1. The minimum absolute atomic E-state index is 0.0372. The molecule has 1 aliphatic carbocycles.